The zero-order valence-corrected chi connectivity index (χ0v) is 15.1. The maximum Gasteiger partial charge on any atom is 0.274 e. The van der Waals surface area contributed by atoms with Crippen molar-refractivity contribution in [3.63, 3.8) is 0 Å². The van der Waals surface area contributed by atoms with E-state index in [1.165, 1.54) is 11.1 Å². The zero-order chi connectivity index (χ0) is 17.6. The Labute approximate surface area is 149 Å². The number of carbonyl (C=O) groups excluding carboxylic acids is 1. The molecule has 1 aromatic heterocycles. The smallest absolute Gasteiger partial charge is 0.274 e. The highest BCUT2D eigenvalue weighted by atomic mass is 16.2. The van der Waals surface area contributed by atoms with Gasteiger partial charge >= 0.3 is 0 Å². The van der Waals surface area contributed by atoms with Crippen LogP contribution in [0.5, 0.6) is 0 Å². The normalized spacial score (nSPS) is 13.4. The molecular formula is C20H26N4O. The lowest BCUT2D eigenvalue weighted by atomic mass is 10.00. The SMILES string of the molecule is CCCN(CCC)C(=O)c1ccc(N2CCc3ccccc3C2)nn1. The molecule has 1 aliphatic rings. The van der Waals surface area contributed by atoms with Gasteiger partial charge in [-0.2, -0.15) is 0 Å². The Balaban J connectivity index is 1.71. The maximum atomic E-state index is 12.6. The second-order valence-corrected chi connectivity index (χ2v) is 6.51. The van der Waals surface area contributed by atoms with Gasteiger partial charge in [0, 0.05) is 26.2 Å². The minimum Gasteiger partial charge on any atom is -0.350 e. The quantitative estimate of drug-likeness (QED) is 0.811. The highest BCUT2D eigenvalue weighted by molar-refractivity contribution is 5.92. The predicted octanol–water partition coefficient (Wildman–Crippen LogP) is 3.30. The van der Waals surface area contributed by atoms with Gasteiger partial charge in [-0.3, -0.25) is 4.79 Å². The van der Waals surface area contributed by atoms with Crippen LogP contribution in [0.1, 0.15) is 48.3 Å². The summed E-state index contributed by atoms with van der Waals surface area (Å²) in [4.78, 5) is 16.7. The van der Waals surface area contributed by atoms with Crippen molar-refractivity contribution in [3.8, 4) is 0 Å². The Morgan fingerprint density at radius 1 is 1.04 bits per heavy atom. The summed E-state index contributed by atoms with van der Waals surface area (Å²) in [5, 5.41) is 8.54. The van der Waals surface area contributed by atoms with E-state index in [-0.39, 0.29) is 5.91 Å². The highest BCUT2D eigenvalue weighted by Crippen LogP contribution is 2.22. The van der Waals surface area contributed by atoms with Crippen LogP contribution in [-0.4, -0.2) is 40.6 Å². The predicted molar refractivity (Wildman–Crippen MR) is 99.7 cm³/mol. The molecule has 1 amide bonds. The third kappa shape index (κ3) is 3.98. The molecule has 2 aromatic rings. The largest absolute Gasteiger partial charge is 0.350 e. The van der Waals surface area contributed by atoms with E-state index >= 15 is 0 Å². The number of anilines is 1. The van der Waals surface area contributed by atoms with Crippen molar-refractivity contribution in [2.24, 2.45) is 0 Å². The molecule has 0 spiro atoms. The third-order valence-electron chi connectivity index (χ3n) is 4.60. The fraction of sp³-hybridized carbons (Fsp3) is 0.450. The average molecular weight is 338 g/mol. The first-order valence-electron chi connectivity index (χ1n) is 9.17. The molecule has 5 nitrogen and oxygen atoms in total. The van der Waals surface area contributed by atoms with Crippen LogP contribution >= 0.6 is 0 Å². The summed E-state index contributed by atoms with van der Waals surface area (Å²) >= 11 is 0. The van der Waals surface area contributed by atoms with Crippen molar-refractivity contribution >= 4 is 11.7 Å². The number of rotatable bonds is 6. The van der Waals surface area contributed by atoms with Crippen molar-refractivity contribution in [3.05, 3.63) is 53.2 Å². The monoisotopic (exact) mass is 338 g/mol. The molecule has 1 aliphatic heterocycles. The minimum atomic E-state index is -0.0215. The van der Waals surface area contributed by atoms with Crippen LogP contribution in [0.15, 0.2) is 36.4 Å². The Hall–Kier alpha value is -2.43. The Morgan fingerprint density at radius 2 is 1.76 bits per heavy atom. The molecule has 0 aliphatic carbocycles. The molecule has 2 heterocycles. The molecular weight excluding hydrogens is 312 g/mol. The van der Waals surface area contributed by atoms with Crippen LogP contribution in [-0.2, 0) is 13.0 Å². The van der Waals surface area contributed by atoms with Crippen LogP contribution in [0, 0.1) is 0 Å². The van der Waals surface area contributed by atoms with E-state index in [9.17, 15) is 4.79 Å². The summed E-state index contributed by atoms with van der Waals surface area (Å²) < 4.78 is 0. The summed E-state index contributed by atoms with van der Waals surface area (Å²) in [5.74, 6) is 0.815. The van der Waals surface area contributed by atoms with Gasteiger partial charge in [0.05, 0.1) is 0 Å². The van der Waals surface area contributed by atoms with Gasteiger partial charge in [0.25, 0.3) is 5.91 Å². The molecule has 0 bridgehead atoms. The number of amides is 1. The fourth-order valence-electron chi connectivity index (χ4n) is 3.32. The van der Waals surface area contributed by atoms with Gasteiger partial charge in [0.1, 0.15) is 0 Å². The molecule has 132 valence electrons. The maximum absolute atomic E-state index is 12.6. The standard InChI is InChI=1S/C20H26N4O/c1-3-12-23(13-4-2)20(25)18-9-10-19(22-21-18)24-14-11-16-7-5-6-8-17(16)15-24/h5-10H,3-4,11-15H2,1-2H3. The third-order valence-corrected chi connectivity index (χ3v) is 4.60. The molecule has 0 N–H and O–H groups in total. The lowest BCUT2D eigenvalue weighted by Crippen LogP contribution is -2.34. The summed E-state index contributed by atoms with van der Waals surface area (Å²) in [6.45, 7) is 7.46. The van der Waals surface area contributed by atoms with Gasteiger partial charge in [-0.25, -0.2) is 0 Å². The fourth-order valence-corrected chi connectivity index (χ4v) is 3.32. The first-order chi connectivity index (χ1) is 12.2. The zero-order valence-electron chi connectivity index (χ0n) is 15.1. The minimum absolute atomic E-state index is 0.0215. The van der Waals surface area contributed by atoms with Crippen LogP contribution in [0.3, 0.4) is 0 Å². The summed E-state index contributed by atoms with van der Waals surface area (Å²) in [6, 6.07) is 12.3. The highest BCUT2D eigenvalue weighted by Gasteiger charge is 2.19. The summed E-state index contributed by atoms with van der Waals surface area (Å²) in [5.41, 5.74) is 3.18. The van der Waals surface area contributed by atoms with Gasteiger partial charge in [-0.15, -0.1) is 10.2 Å². The Kier molecular flexibility index (Phi) is 5.64. The van der Waals surface area contributed by atoms with Gasteiger partial charge in [-0.05, 0) is 42.5 Å². The van der Waals surface area contributed by atoms with E-state index in [0.29, 0.717) is 5.69 Å². The van der Waals surface area contributed by atoms with Gasteiger partial charge < -0.3 is 9.80 Å². The second kappa shape index (κ2) is 8.10. The molecule has 0 fully saturated rings. The second-order valence-electron chi connectivity index (χ2n) is 6.51. The average Bonchev–Trinajstić information content (AvgIpc) is 2.67. The van der Waals surface area contributed by atoms with Gasteiger partial charge in [0.2, 0.25) is 0 Å². The number of nitrogens with zero attached hydrogens (tertiary/aromatic N) is 4. The van der Waals surface area contributed by atoms with E-state index in [4.69, 9.17) is 0 Å². The van der Waals surface area contributed by atoms with Crippen LogP contribution < -0.4 is 4.90 Å². The number of aromatic nitrogens is 2. The Morgan fingerprint density at radius 3 is 2.40 bits per heavy atom. The van der Waals surface area contributed by atoms with Crippen molar-refractivity contribution in [1.82, 2.24) is 15.1 Å². The van der Waals surface area contributed by atoms with E-state index in [1.54, 1.807) is 0 Å². The lowest BCUT2D eigenvalue weighted by Gasteiger charge is -2.29. The Bertz CT molecular complexity index is 708. The molecule has 0 saturated heterocycles. The lowest BCUT2D eigenvalue weighted by molar-refractivity contribution is 0.0748. The van der Waals surface area contributed by atoms with Crippen molar-refractivity contribution in [2.45, 2.75) is 39.7 Å². The number of hydrogen-bond acceptors (Lipinski definition) is 4. The molecule has 0 saturated carbocycles. The van der Waals surface area contributed by atoms with Crippen molar-refractivity contribution in [1.29, 1.82) is 0 Å². The molecule has 3 rings (SSSR count). The van der Waals surface area contributed by atoms with Crippen LogP contribution in [0.2, 0.25) is 0 Å². The van der Waals surface area contributed by atoms with E-state index in [0.717, 1.165) is 51.3 Å². The summed E-state index contributed by atoms with van der Waals surface area (Å²) in [6.07, 6.45) is 2.91. The van der Waals surface area contributed by atoms with Gasteiger partial charge in [0.15, 0.2) is 11.5 Å². The molecule has 25 heavy (non-hydrogen) atoms. The van der Waals surface area contributed by atoms with Gasteiger partial charge in [-0.1, -0.05) is 38.1 Å². The molecule has 1 aromatic carbocycles. The topological polar surface area (TPSA) is 49.3 Å². The van der Waals surface area contributed by atoms with Crippen molar-refractivity contribution in [2.75, 3.05) is 24.5 Å². The number of benzene rings is 1. The molecule has 0 radical (unpaired) electrons. The summed E-state index contributed by atoms with van der Waals surface area (Å²) in [7, 11) is 0. The van der Waals surface area contributed by atoms with E-state index in [2.05, 4.69) is 53.2 Å². The van der Waals surface area contributed by atoms with Crippen LogP contribution in [0.25, 0.3) is 0 Å². The van der Waals surface area contributed by atoms with Crippen molar-refractivity contribution < 1.29 is 4.79 Å². The van der Waals surface area contributed by atoms with E-state index < -0.39 is 0 Å². The molecule has 0 unspecified atom stereocenters. The number of fused-ring (bicyclic) bond motifs is 1. The number of carbonyl (C=O) groups is 1. The molecule has 5 heteroatoms. The first-order valence-corrected chi connectivity index (χ1v) is 9.17. The van der Waals surface area contributed by atoms with E-state index in [1.807, 2.05) is 17.0 Å². The first kappa shape index (κ1) is 17.4. The number of hydrogen-bond donors (Lipinski definition) is 0. The molecule has 0 atom stereocenters. The van der Waals surface area contributed by atoms with Crippen LogP contribution in [0.4, 0.5) is 5.82 Å².